The molecule has 0 radical (unpaired) electrons. The lowest BCUT2D eigenvalue weighted by Gasteiger charge is -2.43. The highest BCUT2D eigenvalue weighted by Gasteiger charge is 2.30. The number of thioether (sulfide) groups is 1. The van der Waals surface area contributed by atoms with Gasteiger partial charge in [0, 0.05) is 68.1 Å². The van der Waals surface area contributed by atoms with Crippen molar-refractivity contribution in [3.63, 3.8) is 0 Å². The van der Waals surface area contributed by atoms with E-state index >= 15 is 0 Å². The molecule has 3 aliphatic rings. The van der Waals surface area contributed by atoms with E-state index in [4.69, 9.17) is 5.73 Å². The van der Waals surface area contributed by atoms with E-state index in [0.717, 1.165) is 68.8 Å². The van der Waals surface area contributed by atoms with Crippen molar-refractivity contribution in [3.8, 4) is 0 Å². The molecule has 6 heteroatoms. The highest BCUT2D eigenvalue weighted by molar-refractivity contribution is 8.02. The molecule has 2 heterocycles. The Balaban J connectivity index is 1.26. The molecule has 1 amide bonds. The van der Waals surface area contributed by atoms with Crippen LogP contribution >= 0.6 is 11.8 Å². The molecule has 0 unspecified atom stereocenters. The van der Waals surface area contributed by atoms with E-state index in [1.807, 2.05) is 18.7 Å². The smallest absolute Gasteiger partial charge is 0.236 e. The first-order valence-electron chi connectivity index (χ1n) is 11.6. The number of nitrogens with zero attached hydrogens (tertiary/aromatic N) is 3. The summed E-state index contributed by atoms with van der Waals surface area (Å²) in [7, 11) is 0. The van der Waals surface area contributed by atoms with Gasteiger partial charge < -0.3 is 10.6 Å². The van der Waals surface area contributed by atoms with Crippen molar-refractivity contribution in [1.82, 2.24) is 14.7 Å². The zero-order valence-corrected chi connectivity index (χ0v) is 19.6. The number of hydrogen-bond acceptors (Lipinski definition) is 5. The van der Waals surface area contributed by atoms with Gasteiger partial charge in [-0.2, -0.15) is 0 Å². The Morgan fingerprint density at radius 3 is 2.65 bits per heavy atom. The largest absolute Gasteiger partial charge is 0.401 e. The van der Waals surface area contributed by atoms with Gasteiger partial charge in [0.2, 0.25) is 5.91 Å². The molecule has 1 saturated carbocycles. The van der Waals surface area contributed by atoms with E-state index in [0.29, 0.717) is 6.54 Å². The molecule has 1 saturated heterocycles. The Morgan fingerprint density at radius 2 is 1.97 bits per heavy atom. The van der Waals surface area contributed by atoms with Gasteiger partial charge in [-0.3, -0.25) is 14.6 Å². The van der Waals surface area contributed by atoms with Crippen molar-refractivity contribution in [1.29, 1.82) is 0 Å². The first-order chi connectivity index (χ1) is 15.0. The highest BCUT2D eigenvalue weighted by atomic mass is 32.2. The lowest BCUT2D eigenvalue weighted by atomic mass is 9.91. The maximum atomic E-state index is 12.9. The molecule has 1 aliphatic carbocycles. The molecule has 2 fully saturated rings. The molecule has 4 rings (SSSR count). The summed E-state index contributed by atoms with van der Waals surface area (Å²) in [6.07, 6.45) is 4.90. The normalized spacial score (nSPS) is 21.3. The molecule has 5 nitrogen and oxygen atoms in total. The zero-order chi connectivity index (χ0) is 21.8. The average Bonchev–Trinajstić information content (AvgIpc) is 2.73. The quantitative estimate of drug-likeness (QED) is 0.703. The van der Waals surface area contributed by atoms with Gasteiger partial charge in [-0.05, 0) is 30.9 Å². The SMILES string of the molecule is C=C(C)c1cccc(CSC2=C(N)CCN(CC(=O)N3CCN(C4CCC4)CC3)C2)c1. The number of carbonyl (C=O) groups is 1. The molecular weight excluding hydrogens is 404 g/mol. The van der Waals surface area contributed by atoms with Gasteiger partial charge in [-0.25, -0.2) is 0 Å². The summed E-state index contributed by atoms with van der Waals surface area (Å²) in [4.78, 5) is 21.0. The van der Waals surface area contributed by atoms with E-state index in [1.54, 1.807) is 0 Å². The van der Waals surface area contributed by atoms with Crippen LogP contribution in [0, 0.1) is 0 Å². The monoisotopic (exact) mass is 440 g/mol. The minimum atomic E-state index is 0.271. The molecule has 31 heavy (non-hydrogen) atoms. The van der Waals surface area contributed by atoms with Crippen molar-refractivity contribution in [2.75, 3.05) is 45.8 Å². The predicted molar refractivity (Wildman–Crippen MR) is 131 cm³/mol. The summed E-state index contributed by atoms with van der Waals surface area (Å²) in [6.45, 7) is 12.1. The summed E-state index contributed by atoms with van der Waals surface area (Å²) >= 11 is 1.81. The predicted octanol–water partition coefficient (Wildman–Crippen LogP) is 3.53. The van der Waals surface area contributed by atoms with Crippen LogP contribution in [0.5, 0.6) is 0 Å². The van der Waals surface area contributed by atoms with Crippen LogP contribution in [0.15, 0.2) is 41.4 Å². The van der Waals surface area contributed by atoms with E-state index in [9.17, 15) is 4.79 Å². The van der Waals surface area contributed by atoms with Gasteiger partial charge in [0.15, 0.2) is 0 Å². The molecule has 0 spiro atoms. The molecular formula is C25H36N4OS. The van der Waals surface area contributed by atoms with Crippen LogP contribution in [0.2, 0.25) is 0 Å². The van der Waals surface area contributed by atoms with Crippen LogP contribution in [0.1, 0.15) is 43.7 Å². The number of nitrogens with two attached hydrogens (primary N) is 1. The Morgan fingerprint density at radius 1 is 1.19 bits per heavy atom. The third-order valence-electron chi connectivity index (χ3n) is 6.87. The van der Waals surface area contributed by atoms with Gasteiger partial charge in [0.25, 0.3) is 0 Å². The minimum Gasteiger partial charge on any atom is -0.401 e. The summed E-state index contributed by atoms with van der Waals surface area (Å²) in [5.74, 6) is 1.16. The first-order valence-corrected chi connectivity index (χ1v) is 12.6. The topological polar surface area (TPSA) is 52.8 Å². The second kappa shape index (κ2) is 10.2. The van der Waals surface area contributed by atoms with E-state index in [-0.39, 0.29) is 5.91 Å². The van der Waals surface area contributed by atoms with Crippen LogP contribution < -0.4 is 5.73 Å². The summed E-state index contributed by atoms with van der Waals surface area (Å²) in [6, 6.07) is 9.34. The average molecular weight is 441 g/mol. The van der Waals surface area contributed by atoms with E-state index in [2.05, 4.69) is 45.5 Å². The van der Waals surface area contributed by atoms with Crippen LogP contribution in [0.3, 0.4) is 0 Å². The number of amides is 1. The molecule has 0 bridgehead atoms. The van der Waals surface area contributed by atoms with Crippen molar-refractivity contribution < 1.29 is 4.79 Å². The number of allylic oxidation sites excluding steroid dienone is 1. The van der Waals surface area contributed by atoms with Crippen LogP contribution in [0.4, 0.5) is 0 Å². The van der Waals surface area contributed by atoms with Gasteiger partial charge in [-0.1, -0.05) is 42.8 Å². The molecule has 2 aliphatic heterocycles. The molecule has 2 N–H and O–H groups in total. The number of carbonyl (C=O) groups excluding carboxylic acids is 1. The molecule has 168 valence electrons. The van der Waals surface area contributed by atoms with Crippen molar-refractivity contribution in [2.24, 2.45) is 5.73 Å². The standard InChI is InChI=1S/C25H36N4OS/c1-19(2)21-6-3-5-20(15-21)18-31-24-16-27(10-9-23(24)26)17-25(30)29-13-11-28(12-14-29)22-7-4-8-22/h3,5-6,15,22H,1,4,7-14,16-18,26H2,2H3. The highest BCUT2D eigenvalue weighted by Crippen LogP contribution is 2.29. The third kappa shape index (κ3) is 5.73. The van der Waals surface area contributed by atoms with Crippen molar-refractivity contribution in [2.45, 2.75) is 44.4 Å². The third-order valence-corrected chi connectivity index (χ3v) is 8.09. The van der Waals surface area contributed by atoms with E-state index < -0.39 is 0 Å². The Labute approximate surface area is 191 Å². The summed E-state index contributed by atoms with van der Waals surface area (Å²) in [5, 5.41) is 0. The fraction of sp³-hybridized carbons (Fsp3) is 0.560. The molecule has 1 aromatic rings. The fourth-order valence-electron chi connectivity index (χ4n) is 4.55. The lowest BCUT2D eigenvalue weighted by molar-refractivity contribution is -0.134. The number of piperazine rings is 1. The fourth-order valence-corrected chi connectivity index (χ4v) is 5.63. The lowest BCUT2D eigenvalue weighted by Crippen LogP contribution is -2.55. The van der Waals surface area contributed by atoms with Crippen LogP contribution in [-0.2, 0) is 10.5 Å². The zero-order valence-electron chi connectivity index (χ0n) is 18.8. The Kier molecular flexibility index (Phi) is 7.41. The van der Waals surface area contributed by atoms with Gasteiger partial charge in [0.05, 0.1) is 6.54 Å². The molecule has 0 atom stereocenters. The molecule has 1 aromatic carbocycles. The second-order valence-corrected chi connectivity index (χ2v) is 10.3. The second-order valence-electron chi connectivity index (χ2n) is 9.18. The maximum Gasteiger partial charge on any atom is 0.236 e. The number of hydrogen-bond donors (Lipinski definition) is 1. The Bertz CT molecular complexity index is 840. The van der Waals surface area contributed by atoms with Crippen LogP contribution in [0.25, 0.3) is 5.57 Å². The number of benzene rings is 1. The maximum absolute atomic E-state index is 12.9. The number of rotatable bonds is 7. The van der Waals surface area contributed by atoms with Gasteiger partial charge >= 0.3 is 0 Å². The Hall–Kier alpha value is -1.76. The van der Waals surface area contributed by atoms with Crippen molar-refractivity contribution >= 4 is 23.2 Å². The summed E-state index contributed by atoms with van der Waals surface area (Å²) in [5.41, 5.74) is 10.9. The first kappa shape index (κ1) is 22.4. The van der Waals surface area contributed by atoms with Crippen LogP contribution in [-0.4, -0.2) is 72.5 Å². The van der Waals surface area contributed by atoms with Gasteiger partial charge in [-0.15, -0.1) is 11.8 Å². The molecule has 0 aromatic heterocycles. The van der Waals surface area contributed by atoms with E-state index in [1.165, 1.54) is 35.3 Å². The van der Waals surface area contributed by atoms with Gasteiger partial charge in [0.1, 0.15) is 0 Å². The van der Waals surface area contributed by atoms with Crippen molar-refractivity contribution in [3.05, 3.63) is 52.6 Å². The minimum absolute atomic E-state index is 0.271. The summed E-state index contributed by atoms with van der Waals surface area (Å²) < 4.78 is 0.